The molecule has 1 fully saturated rings. The Labute approximate surface area is 119 Å². The summed E-state index contributed by atoms with van der Waals surface area (Å²) in [5.41, 5.74) is 0. The molecule has 1 amide bonds. The SMILES string of the molecule is CCCCC1NC(CCC)N(CC(C)S(C)=O)C1=O. The van der Waals surface area contributed by atoms with Gasteiger partial charge in [-0.2, -0.15) is 0 Å². The van der Waals surface area contributed by atoms with E-state index in [1.807, 2.05) is 11.8 Å². The molecule has 0 aromatic rings. The summed E-state index contributed by atoms with van der Waals surface area (Å²) >= 11 is 0. The minimum Gasteiger partial charge on any atom is -0.325 e. The van der Waals surface area contributed by atoms with Crippen LogP contribution in [0.4, 0.5) is 0 Å². The second-order valence-corrected chi connectivity index (χ2v) is 7.27. The minimum absolute atomic E-state index is 0.0333. The summed E-state index contributed by atoms with van der Waals surface area (Å²) in [6, 6.07) is -0.0333. The van der Waals surface area contributed by atoms with E-state index in [4.69, 9.17) is 0 Å². The van der Waals surface area contributed by atoms with E-state index in [9.17, 15) is 9.00 Å². The summed E-state index contributed by atoms with van der Waals surface area (Å²) in [7, 11) is -0.878. The molecule has 5 heteroatoms. The van der Waals surface area contributed by atoms with E-state index >= 15 is 0 Å². The van der Waals surface area contributed by atoms with Crippen molar-refractivity contribution in [3.05, 3.63) is 0 Å². The first-order valence-electron chi connectivity index (χ1n) is 7.40. The van der Waals surface area contributed by atoms with Crippen molar-refractivity contribution >= 4 is 16.7 Å². The van der Waals surface area contributed by atoms with Crippen molar-refractivity contribution in [2.24, 2.45) is 0 Å². The molecule has 0 radical (unpaired) electrons. The van der Waals surface area contributed by atoms with Gasteiger partial charge in [0.1, 0.15) is 0 Å². The van der Waals surface area contributed by atoms with Gasteiger partial charge in [-0.05, 0) is 19.8 Å². The Morgan fingerprint density at radius 3 is 2.53 bits per heavy atom. The van der Waals surface area contributed by atoms with Crippen molar-refractivity contribution < 1.29 is 9.00 Å². The number of carbonyl (C=O) groups is 1. The minimum atomic E-state index is -0.878. The molecule has 0 saturated carbocycles. The standard InChI is InChI=1S/C14H28N2O2S/c1-5-7-9-12-14(17)16(10-11(3)19(4)18)13(15-12)8-6-2/h11-13,15H,5-10H2,1-4H3. The first-order chi connectivity index (χ1) is 9.01. The lowest BCUT2D eigenvalue weighted by atomic mass is 10.1. The van der Waals surface area contributed by atoms with Gasteiger partial charge in [-0.1, -0.05) is 33.1 Å². The van der Waals surface area contributed by atoms with Gasteiger partial charge >= 0.3 is 0 Å². The second-order valence-electron chi connectivity index (χ2n) is 5.47. The van der Waals surface area contributed by atoms with E-state index in [1.165, 1.54) is 0 Å². The van der Waals surface area contributed by atoms with E-state index in [1.54, 1.807) is 6.26 Å². The molecule has 0 aromatic carbocycles. The van der Waals surface area contributed by atoms with Gasteiger partial charge in [-0.3, -0.25) is 14.3 Å². The molecule has 0 aromatic heterocycles. The van der Waals surface area contributed by atoms with Crippen LogP contribution in [0.2, 0.25) is 0 Å². The largest absolute Gasteiger partial charge is 0.325 e. The van der Waals surface area contributed by atoms with Crippen LogP contribution in [-0.2, 0) is 15.6 Å². The molecule has 1 heterocycles. The van der Waals surface area contributed by atoms with Crippen LogP contribution in [0.3, 0.4) is 0 Å². The Morgan fingerprint density at radius 2 is 2.00 bits per heavy atom. The van der Waals surface area contributed by atoms with Crippen LogP contribution in [0.15, 0.2) is 0 Å². The molecule has 1 rings (SSSR count). The van der Waals surface area contributed by atoms with Crippen LogP contribution >= 0.6 is 0 Å². The van der Waals surface area contributed by atoms with E-state index in [0.29, 0.717) is 6.54 Å². The smallest absolute Gasteiger partial charge is 0.241 e. The average molecular weight is 288 g/mol. The fraction of sp³-hybridized carbons (Fsp3) is 0.929. The van der Waals surface area contributed by atoms with Gasteiger partial charge in [-0.15, -0.1) is 0 Å². The highest BCUT2D eigenvalue weighted by Gasteiger charge is 2.38. The molecule has 4 unspecified atom stereocenters. The molecule has 0 spiro atoms. The molecule has 4 atom stereocenters. The van der Waals surface area contributed by atoms with Gasteiger partial charge in [-0.25, -0.2) is 0 Å². The van der Waals surface area contributed by atoms with Crippen molar-refractivity contribution in [1.82, 2.24) is 10.2 Å². The Bertz CT molecular complexity index is 323. The lowest BCUT2D eigenvalue weighted by Crippen LogP contribution is -2.42. The Kier molecular flexibility index (Phi) is 7.00. The van der Waals surface area contributed by atoms with Crippen LogP contribution in [0.1, 0.15) is 52.9 Å². The second kappa shape index (κ2) is 8.00. The van der Waals surface area contributed by atoms with Crippen LogP contribution in [0.25, 0.3) is 0 Å². The molecular weight excluding hydrogens is 260 g/mol. The molecule has 0 bridgehead atoms. The predicted molar refractivity (Wildman–Crippen MR) is 80.4 cm³/mol. The van der Waals surface area contributed by atoms with Gasteiger partial charge in [0.05, 0.1) is 12.2 Å². The zero-order valence-corrected chi connectivity index (χ0v) is 13.5. The van der Waals surface area contributed by atoms with Crippen LogP contribution in [0.5, 0.6) is 0 Å². The zero-order chi connectivity index (χ0) is 14.4. The third-order valence-electron chi connectivity index (χ3n) is 3.78. The third kappa shape index (κ3) is 4.56. The molecule has 1 saturated heterocycles. The topological polar surface area (TPSA) is 49.4 Å². The summed E-state index contributed by atoms with van der Waals surface area (Å²) in [5, 5.41) is 3.49. The lowest BCUT2D eigenvalue weighted by Gasteiger charge is -2.26. The van der Waals surface area contributed by atoms with Gasteiger partial charge < -0.3 is 4.90 Å². The number of amides is 1. The maximum absolute atomic E-state index is 12.4. The van der Waals surface area contributed by atoms with Crippen molar-refractivity contribution in [3.8, 4) is 0 Å². The molecule has 1 aliphatic rings. The number of nitrogens with one attached hydrogen (secondary N) is 1. The maximum Gasteiger partial charge on any atom is 0.241 e. The van der Waals surface area contributed by atoms with Gasteiger partial charge in [0.15, 0.2) is 0 Å². The monoisotopic (exact) mass is 288 g/mol. The van der Waals surface area contributed by atoms with Gasteiger partial charge in [0.2, 0.25) is 5.91 Å². The molecule has 0 aliphatic carbocycles. The number of unbranched alkanes of at least 4 members (excludes halogenated alkanes) is 1. The van der Waals surface area contributed by atoms with E-state index in [0.717, 1.165) is 32.1 Å². The number of rotatable bonds is 8. The van der Waals surface area contributed by atoms with Gasteiger partial charge in [0.25, 0.3) is 0 Å². The van der Waals surface area contributed by atoms with Crippen LogP contribution < -0.4 is 5.32 Å². The number of hydrogen-bond acceptors (Lipinski definition) is 3. The highest BCUT2D eigenvalue weighted by molar-refractivity contribution is 7.84. The van der Waals surface area contributed by atoms with Crippen molar-refractivity contribution in [2.75, 3.05) is 12.8 Å². The molecule has 19 heavy (non-hydrogen) atoms. The summed E-state index contributed by atoms with van der Waals surface area (Å²) in [6.45, 7) is 6.82. The molecule has 1 aliphatic heterocycles. The number of hydrogen-bond donors (Lipinski definition) is 1. The van der Waals surface area contributed by atoms with Crippen LogP contribution in [-0.4, -0.2) is 45.3 Å². The predicted octanol–water partition coefficient (Wildman–Crippen LogP) is 1.87. The van der Waals surface area contributed by atoms with Crippen molar-refractivity contribution in [1.29, 1.82) is 0 Å². The number of nitrogens with zero attached hydrogens (tertiary/aromatic N) is 1. The summed E-state index contributed by atoms with van der Waals surface area (Å²) < 4.78 is 11.5. The highest BCUT2D eigenvalue weighted by Crippen LogP contribution is 2.19. The highest BCUT2D eigenvalue weighted by atomic mass is 32.2. The molecule has 4 nitrogen and oxygen atoms in total. The van der Waals surface area contributed by atoms with E-state index in [-0.39, 0.29) is 23.4 Å². The Balaban J connectivity index is 2.68. The molecular formula is C14H28N2O2S. The summed E-state index contributed by atoms with van der Waals surface area (Å²) in [5.74, 6) is 0.198. The third-order valence-corrected chi connectivity index (χ3v) is 5.06. The Hall–Kier alpha value is -0.420. The van der Waals surface area contributed by atoms with Gasteiger partial charge in [0, 0.05) is 28.9 Å². The quantitative estimate of drug-likeness (QED) is 0.742. The summed E-state index contributed by atoms with van der Waals surface area (Å²) in [6.07, 6.45) is 6.95. The lowest BCUT2D eigenvalue weighted by molar-refractivity contribution is -0.130. The number of carbonyl (C=O) groups excluding carboxylic acids is 1. The fourth-order valence-corrected chi connectivity index (χ4v) is 2.84. The summed E-state index contributed by atoms with van der Waals surface area (Å²) in [4.78, 5) is 14.3. The molecule has 1 N–H and O–H groups in total. The van der Waals surface area contributed by atoms with Crippen molar-refractivity contribution in [2.45, 2.75) is 70.3 Å². The van der Waals surface area contributed by atoms with E-state index in [2.05, 4.69) is 19.2 Å². The van der Waals surface area contributed by atoms with Crippen molar-refractivity contribution in [3.63, 3.8) is 0 Å². The van der Waals surface area contributed by atoms with Crippen LogP contribution in [0, 0.1) is 0 Å². The fourth-order valence-electron chi connectivity index (χ4n) is 2.47. The maximum atomic E-state index is 12.4. The first kappa shape index (κ1) is 16.6. The first-order valence-corrected chi connectivity index (χ1v) is 9.02. The zero-order valence-electron chi connectivity index (χ0n) is 12.6. The Morgan fingerprint density at radius 1 is 1.32 bits per heavy atom. The average Bonchev–Trinajstić information content (AvgIpc) is 2.65. The normalized spacial score (nSPS) is 26.7. The van der Waals surface area contributed by atoms with E-state index < -0.39 is 10.8 Å². The molecule has 112 valence electrons.